The number of hydrogen-bond donors (Lipinski definition) is 0. The maximum Gasteiger partial charge on any atom is 0.289 e. The lowest BCUT2D eigenvalue weighted by Gasteiger charge is -2.22. The zero-order valence-electron chi connectivity index (χ0n) is 13.8. The third kappa shape index (κ3) is 3.05. The van der Waals surface area contributed by atoms with Crippen molar-refractivity contribution in [2.24, 2.45) is 5.16 Å². The van der Waals surface area contributed by atoms with Crippen LogP contribution in [0.4, 0.5) is 0 Å². The SMILES string of the molecule is CCN(CC1CC(c2ccc3c(c2)OCO3)=NO1)C(=O)c1ccco1. The standard InChI is InChI=1S/C18H18N2O5/c1-2-20(18(21)16-4-3-7-22-16)10-13-9-14(19-25-13)12-5-6-15-17(8-12)24-11-23-15/h3-8,13H,2,9-11H2,1H3. The van der Waals surface area contributed by atoms with Gasteiger partial charge in [0, 0.05) is 18.5 Å². The van der Waals surface area contributed by atoms with E-state index in [1.54, 1.807) is 17.0 Å². The minimum absolute atomic E-state index is 0.146. The van der Waals surface area contributed by atoms with E-state index in [4.69, 9.17) is 18.7 Å². The second-order valence-corrected chi connectivity index (χ2v) is 5.86. The fourth-order valence-electron chi connectivity index (χ4n) is 2.93. The molecule has 0 radical (unpaired) electrons. The van der Waals surface area contributed by atoms with Gasteiger partial charge >= 0.3 is 0 Å². The molecule has 1 aromatic heterocycles. The molecule has 0 bridgehead atoms. The highest BCUT2D eigenvalue weighted by molar-refractivity contribution is 6.01. The highest BCUT2D eigenvalue weighted by Crippen LogP contribution is 2.33. The van der Waals surface area contributed by atoms with Crippen LogP contribution in [0.2, 0.25) is 0 Å². The second-order valence-electron chi connectivity index (χ2n) is 5.86. The van der Waals surface area contributed by atoms with Gasteiger partial charge < -0.3 is 23.6 Å². The van der Waals surface area contributed by atoms with Crippen LogP contribution in [-0.2, 0) is 4.84 Å². The lowest BCUT2D eigenvalue weighted by Crippen LogP contribution is -2.37. The van der Waals surface area contributed by atoms with E-state index in [0.29, 0.717) is 31.0 Å². The number of oxime groups is 1. The van der Waals surface area contributed by atoms with Crippen LogP contribution < -0.4 is 9.47 Å². The number of nitrogens with zero attached hydrogens (tertiary/aromatic N) is 2. The first kappa shape index (κ1) is 15.6. The Morgan fingerprint density at radius 3 is 2.96 bits per heavy atom. The lowest BCUT2D eigenvalue weighted by molar-refractivity contribution is 0.0418. The summed E-state index contributed by atoms with van der Waals surface area (Å²) in [5.74, 6) is 1.64. The highest BCUT2D eigenvalue weighted by atomic mass is 16.7. The molecule has 25 heavy (non-hydrogen) atoms. The summed E-state index contributed by atoms with van der Waals surface area (Å²) in [5, 5.41) is 4.18. The molecular formula is C18H18N2O5. The predicted octanol–water partition coefficient (Wildman–Crippen LogP) is 2.66. The maximum atomic E-state index is 12.4. The van der Waals surface area contributed by atoms with Crippen LogP contribution in [-0.4, -0.2) is 42.5 Å². The Labute approximate surface area is 144 Å². The molecule has 7 heteroatoms. The van der Waals surface area contributed by atoms with Crippen molar-refractivity contribution in [3.63, 3.8) is 0 Å². The summed E-state index contributed by atoms with van der Waals surface area (Å²) in [6.45, 7) is 3.19. The van der Waals surface area contributed by atoms with Crippen molar-refractivity contribution >= 4 is 11.6 Å². The Hall–Kier alpha value is -2.96. The number of benzene rings is 1. The molecule has 1 unspecified atom stereocenters. The molecule has 0 fully saturated rings. The van der Waals surface area contributed by atoms with Gasteiger partial charge in [-0.1, -0.05) is 5.16 Å². The minimum atomic E-state index is -0.181. The molecule has 0 saturated heterocycles. The largest absolute Gasteiger partial charge is 0.459 e. The van der Waals surface area contributed by atoms with Crippen LogP contribution in [0.1, 0.15) is 29.5 Å². The van der Waals surface area contributed by atoms with Crippen LogP contribution in [0.15, 0.2) is 46.2 Å². The summed E-state index contributed by atoms with van der Waals surface area (Å²) in [7, 11) is 0. The normalized spacial score (nSPS) is 18.0. The van der Waals surface area contributed by atoms with Gasteiger partial charge in [-0.05, 0) is 37.3 Å². The number of carbonyl (C=O) groups is 1. The number of amides is 1. The Morgan fingerprint density at radius 2 is 2.16 bits per heavy atom. The third-order valence-electron chi connectivity index (χ3n) is 4.26. The first-order valence-electron chi connectivity index (χ1n) is 8.20. The Bertz CT molecular complexity index is 800. The number of likely N-dealkylation sites (N-methyl/N-ethyl adjacent to an activating group) is 1. The molecule has 1 atom stereocenters. The molecule has 0 saturated carbocycles. The van der Waals surface area contributed by atoms with Gasteiger partial charge in [0.05, 0.1) is 18.5 Å². The van der Waals surface area contributed by atoms with Crippen molar-refractivity contribution < 1.29 is 23.5 Å². The van der Waals surface area contributed by atoms with Gasteiger partial charge in [-0.2, -0.15) is 0 Å². The molecule has 2 aliphatic heterocycles. The molecule has 2 aliphatic rings. The highest BCUT2D eigenvalue weighted by Gasteiger charge is 2.28. The average molecular weight is 342 g/mol. The summed E-state index contributed by atoms with van der Waals surface area (Å²) in [6, 6.07) is 9.07. The minimum Gasteiger partial charge on any atom is -0.459 e. The fraction of sp³-hybridized carbons (Fsp3) is 0.333. The number of hydrogen-bond acceptors (Lipinski definition) is 6. The van der Waals surface area contributed by atoms with E-state index in [-0.39, 0.29) is 18.8 Å². The van der Waals surface area contributed by atoms with Gasteiger partial charge in [0.2, 0.25) is 6.79 Å². The van der Waals surface area contributed by atoms with Gasteiger partial charge in [0.25, 0.3) is 5.91 Å². The molecule has 130 valence electrons. The molecule has 0 N–H and O–H groups in total. The van der Waals surface area contributed by atoms with E-state index < -0.39 is 0 Å². The summed E-state index contributed by atoms with van der Waals surface area (Å²) >= 11 is 0. The third-order valence-corrected chi connectivity index (χ3v) is 4.26. The van der Waals surface area contributed by atoms with Gasteiger partial charge in [0.1, 0.15) is 0 Å². The average Bonchev–Trinajstić information content (AvgIpc) is 3.39. The maximum absolute atomic E-state index is 12.4. The zero-order valence-corrected chi connectivity index (χ0v) is 13.8. The van der Waals surface area contributed by atoms with Crippen molar-refractivity contribution in [2.45, 2.75) is 19.4 Å². The van der Waals surface area contributed by atoms with Crippen LogP contribution in [0.5, 0.6) is 11.5 Å². The summed E-state index contributed by atoms with van der Waals surface area (Å²) < 4.78 is 15.9. The van der Waals surface area contributed by atoms with Gasteiger partial charge in [-0.25, -0.2) is 0 Å². The van der Waals surface area contributed by atoms with E-state index in [0.717, 1.165) is 17.0 Å². The van der Waals surface area contributed by atoms with Crippen molar-refractivity contribution in [3.05, 3.63) is 47.9 Å². The predicted molar refractivity (Wildman–Crippen MR) is 88.9 cm³/mol. The molecule has 2 aromatic rings. The van der Waals surface area contributed by atoms with Gasteiger partial charge in [-0.15, -0.1) is 0 Å². The molecular weight excluding hydrogens is 324 g/mol. The van der Waals surface area contributed by atoms with Crippen LogP contribution in [0.25, 0.3) is 0 Å². The van der Waals surface area contributed by atoms with Crippen molar-refractivity contribution in [3.8, 4) is 11.5 Å². The zero-order chi connectivity index (χ0) is 17.2. The number of carbonyl (C=O) groups excluding carboxylic acids is 1. The molecule has 0 spiro atoms. The number of ether oxygens (including phenoxy) is 2. The Morgan fingerprint density at radius 1 is 1.28 bits per heavy atom. The van der Waals surface area contributed by atoms with Crippen LogP contribution >= 0.6 is 0 Å². The molecule has 7 nitrogen and oxygen atoms in total. The molecule has 3 heterocycles. The van der Waals surface area contributed by atoms with Crippen LogP contribution in [0, 0.1) is 0 Å². The van der Waals surface area contributed by atoms with Crippen molar-refractivity contribution in [1.29, 1.82) is 0 Å². The van der Waals surface area contributed by atoms with E-state index in [1.165, 1.54) is 6.26 Å². The topological polar surface area (TPSA) is 73.5 Å². The van der Waals surface area contributed by atoms with Crippen molar-refractivity contribution in [2.75, 3.05) is 19.9 Å². The Kier molecular flexibility index (Phi) is 4.05. The van der Waals surface area contributed by atoms with Gasteiger partial charge in [0.15, 0.2) is 23.4 Å². The number of fused-ring (bicyclic) bond motifs is 1. The number of rotatable bonds is 5. The first-order valence-corrected chi connectivity index (χ1v) is 8.20. The smallest absolute Gasteiger partial charge is 0.289 e. The van der Waals surface area contributed by atoms with E-state index in [2.05, 4.69) is 5.16 Å². The molecule has 0 aliphatic carbocycles. The van der Waals surface area contributed by atoms with Gasteiger partial charge in [-0.3, -0.25) is 4.79 Å². The molecule has 1 aromatic carbocycles. The van der Waals surface area contributed by atoms with Crippen molar-refractivity contribution in [1.82, 2.24) is 4.90 Å². The second kappa shape index (κ2) is 6.51. The summed E-state index contributed by atoms with van der Waals surface area (Å²) in [6.07, 6.45) is 1.94. The number of furan rings is 1. The van der Waals surface area contributed by atoms with E-state index >= 15 is 0 Å². The molecule has 1 amide bonds. The summed E-state index contributed by atoms with van der Waals surface area (Å²) in [5.41, 5.74) is 1.77. The Balaban J connectivity index is 1.40. The quantitative estimate of drug-likeness (QED) is 0.835. The molecule has 4 rings (SSSR count). The first-order chi connectivity index (χ1) is 12.2. The van der Waals surface area contributed by atoms with E-state index in [1.807, 2.05) is 25.1 Å². The van der Waals surface area contributed by atoms with Crippen LogP contribution in [0.3, 0.4) is 0 Å². The monoisotopic (exact) mass is 342 g/mol. The summed E-state index contributed by atoms with van der Waals surface area (Å²) in [4.78, 5) is 19.6. The fourth-order valence-corrected chi connectivity index (χ4v) is 2.93. The lowest BCUT2D eigenvalue weighted by atomic mass is 10.0. The van der Waals surface area contributed by atoms with E-state index in [9.17, 15) is 4.79 Å².